The Bertz CT molecular complexity index is 1050. The first kappa shape index (κ1) is 21.1. The predicted molar refractivity (Wildman–Crippen MR) is 128 cm³/mol. The van der Waals surface area contributed by atoms with E-state index >= 15 is 0 Å². The van der Waals surface area contributed by atoms with Crippen LogP contribution in [0.1, 0.15) is 44.2 Å². The van der Waals surface area contributed by atoms with Crippen molar-refractivity contribution < 1.29 is 21.4 Å². The van der Waals surface area contributed by atoms with Crippen molar-refractivity contribution in [2.45, 2.75) is 55.6 Å². The van der Waals surface area contributed by atoms with Crippen molar-refractivity contribution in [2.24, 2.45) is 5.92 Å². The van der Waals surface area contributed by atoms with Gasteiger partial charge in [0.15, 0.2) is 0 Å². The fourth-order valence-corrected chi connectivity index (χ4v) is 13.1. The molecular formula is C27H33HfSi. The number of hydrogen-bond acceptors (Lipinski definition) is 0. The fraction of sp³-hybridized carbons (Fsp3) is 0.370. The van der Waals surface area contributed by atoms with Gasteiger partial charge in [-0.2, -0.15) is 0 Å². The van der Waals surface area contributed by atoms with Crippen LogP contribution in [0.3, 0.4) is 0 Å². The third-order valence-corrected chi connectivity index (χ3v) is 14.2. The molecule has 0 saturated heterocycles. The predicted octanol–water partition coefficient (Wildman–Crippen LogP) is 7.52. The molecule has 0 N–H and O–H groups in total. The van der Waals surface area contributed by atoms with Gasteiger partial charge in [0.1, 0.15) is 0 Å². The Morgan fingerprint density at radius 2 is 1.79 bits per heavy atom. The summed E-state index contributed by atoms with van der Waals surface area (Å²) >= 11 is -1.76. The van der Waals surface area contributed by atoms with Crippen molar-refractivity contribution in [2.75, 3.05) is 0 Å². The van der Waals surface area contributed by atoms with E-state index in [1.807, 2.05) is 0 Å². The topological polar surface area (TPSA) is 0 Å². The zero-order valence-electron chi connectivity index (χ0n) is 19.0. The van der Waals surface area contributed by atoms with E-state index in [9.17, 15) is 0 Å². The first-order valence-electron chi connectivity index (χ1n) is 11.0. The third kappa shape index (κ3) is 3.41. The fourth-order valence-electron chi connectivity index (χ4n) is 5.66. The SMILES string of the molecule is CCC1=[C]([Hf]([CH3])[CH3])C2=CC=CC(=[Si](C)C)C(C)C2=C1C1C(C)=Cc2ccccc21. The Morgan fingerprint density at radius 3 is 2.45 bits per heavy atom. The van der Waals surface area contributed by atoms with Crippen LogP contribution in [-0.2, 0) is 21.4 Å². The molecule has 0 spiro atoms. The minimum absolute atomic E-state index is 0.439. The summed E-state index contributed by atoms with van der Waals surface area (Å²) in [7, 11) is -0.479. The molecule has 0 fully saturated rings. The van der Waals surface area contributed by atoms with E-state index in [0.29, 0.717) is 11.8 Å². The summed E-state index contributed by atoms with van der Waals surface area (Å²) in [6.07, 6.45) is 10.9. The molecule has 0 heterocycles. The maximum atomic E-state index is 2.58. The van der Waals surface area contributed by atoms with E-state index in [1.54, 1.807) is 30.8 Å². The zero-order chi connectivity index (χ0) is 20.9. The summed E-state index contributed by atoms with van der Waals surface area (Å²) in [5, 5.41) is 1.68. The molecule has 2 unspecified atom stereocenters. The Hall–Kier alpha value is -1.12. The first-order valence-corrected chi connectivity index (χ1v) is 22.5. The normalized spacial score (nSPS) is 23.1. The molecule has 3 aliphatic carbocycles. The zero-order valence-corrected chi connectivity index (χ0v) is 23.6. The van der Waals surface area contributed by atoms with Gasteiger partial charge in [0.25, 0.3) is 0 Å². The van der Waals surface area contributed by atoms with Crippen molar-refractivity contribution in [3.63, 3.8) is 0 Å². The number of benzene rings is 1. The Balaban J connectivity index is 2.04. The van der Waals surface area contributed by atoms with Gasteiger partial charge in [0.05, 0.1) is 0 Å². The van der Waals surface area contributed by atoms with E-state index in [0.717, 1.165) is 6.42 Å². The summed E-state index contributed by atoms with van der Waals surface area (Å²) in [6, 6.07) is 9.07. The summed E-state index contributed by atoms with van der Waals surface area (Å²) < 4.78 is 6.97. The molecule has 1 aromatic carbocycles. The van der Waals surface area contributed by atoms with Crippen molar-refractivity contribution >= 4 is 19.7 Å². The molecular weight excluding hydrogens is 531 g/mol. The van der Waals surface area contributed by atoms with Crippen LogP contribution in [0.25, 0.3) is 6.08 Å². The number of allylic oxidation sites excluding steroid dienone is 9. The van der Waals surface area contributed by atoms with Crippen LogP contribution in [0.15, 0.2) is 73.7 Å². The molecule has 2 heteroatoms. The van der Waals surface area contributed by atoms with Crippen molar-refractivity contribution in [1.82, 2.24) is 0 Å². The van der Waals surface area contributed by atoms with Crippen molar-refractivity contribution in [3.8, 4) is 0 Å². The van der Waals surface area contributed by atoms with Crippen LogP contribution >= 0.6 is 0 Å². The molecule has 4 rings (SSSR count). The van der Waals surface area contributed by atoms with Crippen molar-refractivity contribution in [1.29, 1.82) is 0 Å². The average Bonchev–Trinajstić information content (AvgIpc) is 3.11. The van der Waals surface area contributed by atoms with Crippen LogP contribution < -0.4 is 0 Å². The second kappa shape index (κ2) is 8.19. The van der Waals surface area contributed by atoms with Gasteiger partial charge in [0, 0.05) is 0 Å². The van der Waals surface area contributed by atoms with Gasteiger partial charge in [0.2, 0.25) is 0 Å². The maximum absolute atomic E-state index is 2.58. The summed E-state index contributed by atoms with van der Waals surface area (Å²) in [6.45, 7) is 12.1. The summed E-state index contributed by atoms with van der Waals surface area (Å²) in [5.74, 6) is 0.970. The van der Waals surface area contributed by atoms with Crippen LogP contribution in [0, 0.1) is 5.92 Å². The van der Waals surface area contributed by atoms with E-state index in [2.05, 4.69) is 91.8 Å². The second-order valence-electron chi connectivity index (χ2n) is 9.10. The Morgan fingerprint density at radius 1 is 1.07 bits per heavy atom. The standard InChI is InChI=1S/C25H27Si.2CH3.Hf/c1-6-18-15-20-11-9-13-22(26(4)5)17(3)24(20)25(18)23-16(2)14-19-10-7-8-12-21(19)23;;;/h7-14,17,23H,6H2,1-5H3;2*1H3;. The quantitative estimate of drug-likeness (QED) is 0.334. The van der Waals surface area contributed by atoms with Crippen LogP contribution in [0.5, 0.6) is 0 Å². The molecule has 29 heavy (non-hydrogen) atoms. The average molecular weight is 564 g/mol. The van der Waals surface area contributed by atoms with Gasteiger partial charge in [-0.15, -0.1) is 0 Å². The van der Waals surface area contributed by atoms with Crippen LogP contribution in [-0.4, -0.2) is 13.6 Å². The van der Waals surface area contributed by atoms with Gasteiger partial charge >= 0.3 is 187 Å². The first-order chi connectivity index (χ1) is 13.9. The monoisotopic (exact) mass is 565 g/mol. The summed E-state index contributed by atoms with van der Waals surface area (Å²) in [5.41, 5.74) is 11.1. The van der Waals surface area contributed by atoms with E-state index in [4.69, 9.17) is 0 Å². The molecule has 2 atom stereocenters. The third-order valence-electron chi connectivity index (χ3n) is 6.78. The molecule has 0 aromatic heterocycles. The van der Waals surface area contributed by atoms with Crippen LogP contribution in [0.4, 0.5) is 0 Å². The molecule has 0 bridgehead atoms. The van der Waals surface area contributed by atoms with Gasteiger partial charge in [-0.3, -0.25) is 0 Å². The second-order valence-corrected chi connectivity index (χ2v) is 20.7. The van der Waals surface area contributed by atoms with Gasteiger partial charge in [-0.25, -0.2) is 0 Å². The number of rotatable bonds is 3. The van der Waals surface area contributed by atoms with Gasteiger partial charge in [-0.1, -0.05) is 0 Å². The number of fused-ring (bicyclic) bond motifs is 2. The van der Waals surface area contributed by atoms with Gasteiger partial charge < -0.3 is 0 Å². The minimum atomic E-state index is -1.76. The molecule has 0 saturated carbocycles. The Labute approximate surface area is 186 Å². The molecule has 3 aliphatic rings. The van der Waals surface area contributed by atoms with Crippen molar-refractivity contribution in [3.05, 3.63) is 84.8 Å². The molecule has 1 aromatic rings. The molecule has 0 aliphatic heterocycles. The van der Waals surface area contributed by atoms with Crippen LogP contribution in [0.2, 0.25) is 22.5 Å². The molecule has 0 amide bonds. The molecule has 0 radical (unpaired) electrons. The molecule has 149 valence electrons. The summed E-state index contributed by atoms with van der Waals surface area (Å²) in [4.78, 5) is 0. The van der Waals surface area contributed by atoms with E-state index in [1.165, 1.54) is 16.7 Å². The number of hydrogen-bond donors (Lipinski definition) is 0. The Kier molecular flexibility index (Phi) is 5.97. The van der Waals surface area contributed by atoms with E-state index < -0.39 is 29.8 Å². The van der Waals surface area contributed by atoms with E-state index in [-0.39, 0.29) is 0 Å². The molecule has 0 nitrogen and oxygen atoms in total. The van der Waals surface area contributed by atoms with Gasteiger partial charge in [-0.05, 0) is 0 Å².